The van der Waals surface area contributed by atoms with Crippen molar-refractivity contribution in [3.8, 4) is 22.8 Å². The van der Waals surface area contributed by atoms with Gasteiger partial charge in [-0.3, -0.25) is 9.36 Å². The fourth-order valence-electron chi connectivity index (χ4n) is 3.82. The van der Waals surface area contributed by atoms with E-state index in [1.54, 1.807) is 28.8 Å². The highest BCUT2D eigenvalue weighted by Crippen LogP contribution is 2.31. The quantitative estimate of drug-likeness (QED) is 0.313. The fourth-order valence-corrected chi connectivity index (χ4v) is 4.64. The summed E-state index contributed by atoms with van der Waals surface area (Å²) in [4.78, 5) is 20.0. The summed E-state index contributed by atoms with van der Waals surface area (Å²) < 4.78 is 22.1. The number of H-pyrrole nitrogens is 1. The molecule has 1 N–H and O–H groups in total. The molecular formula is C26H22FN5O2S. The maximum atomic E-state index is 14.9. The van der Waals surface area contributed by atoms with E-state index in [2.05, 4.69) is 20.2 Å². The zero-order chi connectivity index (χ0) is 24.4. The molecule has 5 rings (SSSR count). The molecular weight excluding hydrogens is 465 g/mol. The van der Waals surface area contributed by atoms with Crippen molar-refractivity contribution >= 4 is 22.7 Å². The Morgan fingerprint density at radius 3 is 2.60 bits per heavy atom. The van der Waals surface area contributed by atoms with Crippen LogP contribution in [0.15, 0.2) is 76.7 Å². The molecule has 9 heteroatoms. The van der Waals surface area contributed by atoms with Gasteiger partial charge in [-0.15, -0.1) is 10.2 Å². The van der Waals surface area contributed by atoms with Crippen LogP contribution < -0.4 is 10.3 Å². The normalized spacial score (nSPS) is 11.2. The van der Waals surface area contributed by atoms with Gasteiger partial charge in [0.05, 0.1) is 29.0 Å². The monoisotopic (exact) mass is 487 g/mol. The zero-order valence-corrected chi connectivity index (χ0v) is 20.0. The van der Waals surface area contributed by atoms with E-state index in [4.69, 9.17) is 4.74 Å². The van der Waals surface area contributed by atoms with Crippen LogP contribution in [0.5, 0.6) is 5.75 Å². The number of fused-ring (bicyclic) bond motifs is 1. The average Bonchev–Trinajstić information content (AvgIpc) is 3.28. The van der Waals surface area contributed by atoms with Gasteiger partial charge in [-0.1, -0.05) is 36.0 Å². The Morgan fingerprint density at radius 2 is 1.83 bits per heavy atom. The minimum atomic E-state index is -0.394. The van der Waals surface area contributed by atoms with Crippen molar-refractivity contribution in [2.45, 2.75) is 24.8 Å². The second kappa shape index (κ2) is 9.71. The van der Waals surface area contributed by atoms with Gasteiger partial charge in [0.2, 0.25) is 0 Å². The molecule has 176 valence electrons. The van der Waals surface area contributed by atoms with Crippen molar-refractivity contribution in [2.24, 2.45) is 0 Å². The molecule has 7 nitrogen and oxygen atoms in total. The highest BCUT2D eigenvalue weighted by Gasteiger charge is 2.19. The Labute approximate surface area is 205 Å². The maximum absolute atomic E-state index is 14.9. The van der Waals surface area contributed by atoms with Crippen LogP contribution in [0.25, 0.3) is 28.0 Å². The topological polar surface area (TPSA) is 85.7 Å². The Kier molecular flexibility index (Phi) is 6.33. The van der Waals surface area contributed by atoms with Crippen LogP contribution in [-0.2, 0) is 5.75 Å². The molecule has 0 spiro atoms. The number of halogens is 1. The van der Waals surface area contributed by atoms with E-state index in [0.717, 1.165) is 16.9 Å². The van der Waals surface area contributed by atoms with Crippen LogP contribution in [0.4, 0.5) is 4.39 Å². The first-order valence-corrected chi connectivity index (χ1v) is 12.1. The van der Waals surface area contributed by atoms with Gasteiger partial charge in [0, 0.05) is 5.56 Å². The average molecular weight is 488 g/mol. The molecule has 3 aromatic carbocycles. The lowest BCUT2D eigenvalue weighted by molar-refractivity contribution is 0.340. The van der Waals surface area contributed by atoms with Gasteiger partial charge in [-0.05, 0) is 61.9 Å². The second-order valence-electron chi connectivity index (χ2n) is 7.82. The Hall–Kier alpha value is -3.98. The van der Waals surface area contributed by atoms with Crippen LogP contribution in [0, 0.1) is 12.7 Å². The molecule has 0 radical (unpaired) electrons. The third kappa shape index (κ3) is 4.54. The number of rotatable bonds is 7. The number of aromatic nitrogens is 5. The number of thioether (sulfide) groups is 1. The van der Waals surface area contributed by atoms with Gasteiger partial charge < -0.3 is 9.72 Å². The van der Waals surface area contributed by atoms with Crippen LogP contribution in [0.1, 0.15) is 18.3 Å². The van der Waals surface area contributed by atoms with Crippen molar-refractivity contribution in [3.63, 3.8) is 0 Å². The summed E-state index contributed by atoms with van der Waals surface area (Å²) in [6.07, 6.45) is 0. The third-order valence-corrected chi connectivity index (χ3v) is 6.42. The molecule has 0 aliphatic rings. The number of ether oxygens (including phenoxy) is 1. The summed E-state index contributed by atoms with van der Waals surface area (Å²) in [5.41, 5.74) is 2.49. The number of para-hydroxylation sites is 2. The standard InChI is InChI=1S/C26H22FN5O2S/c1-3-34-18-13-11-17(12-14-18)24-30-31-26(32(24)21-10-5-4-9-20(21)27)35-15-22-28-23-16(2)7-6-8-19(23)25(33)29-22/h4-14H,3,15H2,1-2H3,(H,28,29,33). The molecule has 5 aromatic rings. The molecule has 0 unspecified atom stereocenters. The molecule has 35 heavy (non-hydrogen) atoms. The molecule has 0 atom stereocenters. The van der Waals surface area contributed by atoms with Crippen molar-refractivity contribution in [3.05, 3.63) is 94.3 Å². The molecule has 0 amide bonds. The van der Waals surface area contributed by atoms with Crippen molar-refractivity contribution in [2.75, 3.05) is 6.61 Å². The van der Waals surface area contributed by atoms with Crippen molar-refractivity contribution < 1.29 is 9.13 Å². The Balaban J connectivity index is 1.53. The van der Waals surface area contributed by atoms with E-state index in [-0.39, 0.29) is 5.56 Å². The molecule has 2 aromatic heterocycles. The summed E-state index contributed by atoms with van der Waals surface area (Å²) >= 11 is 1.32. The van der Waals surface area contributed by atoms with E-state index in [1.165, 1.54) is 17.8 Å². The third-order valence-electron chi connectivity index (χ3n) is 5.48. The SMILES string of the molecule is CCOc1ccc(-c2nnc(SCc3nc4c(C)cccc4c(=O)[nH]3)n2-c2ccccc2F)cc1. The van der Waals surface area contributed by atoms with Crippen LogP contribution in [0.3, 0.4) is 0 Å². The Morgan fingerprint density at radius 1 is 1.03 bits per heavy atom. The molecule has 0 saturated carbocycles. The van der Waals surface area contributed by atoms with Gasteiger partial charge in [-0.2, -0.15) is 0 Å². The van der Waals surface area contributed by atoms with Crippen molar-refractivity contribution in [1.29, 1.82) is 0 Å². The minimum absolute atomic E-state index is 0.194. The van der Waals surface area contributed by atoms with E-state index in [1.807, 2.05) is 50.2 Å². The predicted octanol–water partition coefficient (Wildman–Crippen LogP) is 5.31. The number of hydrogen-bond acceptors (Lipinski definition) is 6. The first kappa shape index (κ1) is 22.8. The number of benzene rings is 3. The maximum Gasteiger partial charge on any atom is 0.258 e. The van der Waals surface area contributed by atoms with Gasteiger partial charge in [-0.25, -0.2) is 9.37 Å². The van der Waals surface area contributed by atoms with E-state index < -0.39 is 5.82 Å². The van der Waals surface area contributed by atoms with Gasteiger partial charge >= 0.3 is 0 Å². The smallest absolute Gasteiger partial charge is 0.258 e. The highest BCUT2D eigenvalue weighted by molar-refractivity contribution is 7.98. The number of nitrogens with zero attached hydrogens (tertiary/aromatic N) is 4. The van der Waals surface area contributed by atoms with Crippen LogP contribution in [0.2, 0.25) is 0 Å². The highest BCUT2D eigenvalue weighted by atomic mass is 32.2. The second-order valence-corrected chi connectivity index (χ2v) is 8.77. The summed E-state index contributed by atoms with van der Waals surface area (Å²) in [5, 5.41) is 9.74. The summed E-state index contributed by atoms with van der Waals surface area (Å²) in [6.45, 7) is 4.41. The molecule has 0 saturated heterocycles. The number of hydrogen-bond donors (Lipinski definition) is 1. The molecule has 2 heterocycles. The molecule has 0 aliphatic carbocycles. The van der Waals surface area contributed by atoms with Gasteiger partial charge in [0.15, 0.2) is 11.0 Å². The molecule has 0 aliphatic heterocycles. The fraction of sp³-hybridized carbons (Fsp3) is 0.154. The predicted molar refractivity (Wildman–Crippen MR) is 135 cm³/mol. The van der Waals surface area contributed by atoms with Gasteiger partial charge in [0.1, 0.15) is 17.4 Å². The van der Waals surface area contributed by atoms with E-state index in [9.17, 15) is 9.18 Å². The summed E-state index contributed by atoms with van der Waals surface area (Å²) in [5.74, 6) is 1.68. The van der Waals surface area contributed by atoms with Crippen molar-refractivity contribution in [1.82, 2.24) is 24.7 Å². The first-order chi connectivity index (χ1) is 17.0. The van der Waals surface area contributed by atoms with Gasteiger partial charge in [0.25, 0.3) is 5.56 Å². The number of aryl methyl sites for hydroxylation is 1. The largest absolute Gasteiger partial charge is 0.494 e. The first-order valence-electron chi connectivity index (χ1n) is 11.1. The lowest BCUT2D eigenvalue weighted by Gasteiger charge is -2.12. The number of aromatic amines is 1. The van der Waals surface area contributed by atoms with Crippen LogP contribution in [-0.4, -0.2) is 31.3 Å². The lowest BCUT2D eigenvalue weighted by Crippen LogP contribution is -2.12. The molecule has 0 bridgehead atoms. The number of nitrogens with one attached hydrogen (secondary N) is 1. The van der Waals surface area contributed by atoms with E-state index in [0.29, 0.717) is 45.8 Å². The summed E-state index contributed by atoms with van der Waals surface area (Å²) in [7, 11) is 0. The summed E-state index contributed by atoms with van der Waals surface area (Å²) in [6, 6.07) is 19.4. The van der Waals surface area contributed by atoms with Crippen LogP contribution >= 0.6 is 11.8 Å². The zero-order valence-electron chi connectivity index (χ0n) is 19.2. The molecule has 0 fully saturated rings. The Bertz CT molecular complexity index is 1560. The lowest BCUT2D eigenvalue weighted by atomic mass is 10.1. The minimum Gasteiger partial charge on any atom is -0.494 e. The van der Waals surface area contributed by atoms with E-state index >= 15 is 0 Å².